The van der Waals surface area contributed by atoms with Crippen molar-refractivity contribution in [3.63, 3.8) is 0 Å². The minimum Gasteiger partial charge on any atom is -0.465 e. The molecule has 2 fully saturated rings. The highest BCUT2D eigenvalue weighted by molar-refractivity contribution is 7.80. The van der Waals surface area contributed by atoms with E-state index in [0.29, 0.717) is 16.7 Å². The Morgan fingerprint density at radius 1 is 1.32 bits per heavy atom. The quantitative estimate of drug-likeness (QED) is 0.662. The third-order valence-electron chi connectivity index (χ3n) is 4.96. The van der Waals surface area contributed by atoms with E-state index in [-0.39, 0.29) is 5.97 Å². The lowest BCUT2D eigenvalue weighted by Crippen LogP contribution is -2.40. The summed E-state index contributed by atoms with van der Waals surface area (Å²) in [5.74, 6) is 1.32. The zero-order valence-corrected chi connectivity index (χ0v) is 13.8. The standard InChI is InChI=1S/C17H22N2O2S/c1-10-3-5-13(16(20)21-2)9-14(10)18-17(22)19-15-8-11-4-6-12(15)7-11/h3,5,9,11-12,15H,4,6-8H2,1-2H3,(H2,18,19,22). The SMILES string of the molecule is COC(=O)c1ccc(C)c(NC(=S)NC2CC3CCC2C3)c1. The number of nitrogens with one attached hydrogen (secondary N) is 2. The number of hydrogen-bond acceptors (Lipinski definition) is 3. The van der Waals surface area contributed by atoms with Gasteiger partial charge in [-0.3, -0.25) is 0 Å². The highest BCUT2D eigenvalue weighted by Crippen LogP contribution is 2.44. The molecular weight excluding hydrogens is 296 g/mol. The van der Waals surface area contributed by atoms with Crippen molar-refractivity contribution < 1.29 is 9.53 Å². The number of carbonyl (C=O) groups excluding carboxylic acids is 1. The summed E-state index contributed by atoms with van der Waals surface area (Å²) in [6, 6.07) is 5.95. The lowest BCUT2D eigenvalue weighted by Gasteiger charge is -2.25. The number of benzene rings is 1. The number of esters is 1. The maximum Gasteiger partial charge on any atom is 0.337 e. The lowest BCUT2D eigenvalue weighted by atomic mass is 9.95. The number of hydrogen-bond donors (Lipinski definition) is 2. The molecule has 0 spiro atoms. The van der Waals surface area contributed by atoms with Crippen LogP contribution >= 0.6 is 12.2 Å². The second-order valence-electron chi connectivity index (χ2n) is 6.40. The van der Waals surface area contributed by atoms with Gasteiger partial charge in [0.25, 0.3) is 0 Å². The molecule has 22 heavy (non-hydrogen) atoms. The summed E-state index contributed by atoms with van der Waals surface area (Å²) in [5.41, 5.74) is 2.42. The Bertz CT molecular complexity index is 602. The van der Waals surface area contributed by atoms with Crippen LogP contribution < -0.4 is 10.6 Å². The molecule has 3 unspecified atom stereocenters. The molecule has 0 radical (unpaired) electrons. The molecule has 1 aromatic rings. The summed E-state index contributed by atoms with van der Waals surface area (Å²) in [7, 11) is 1.39. The van der Waals surface area contributed by atoms with E-state index in [1.54, 1.807) is 12.1 Å². The van der Waals surface area contributed by atoms with Crippen LogP contribution in [-0.4, -0.2) is 24.2 Å². The maximum atomic E-state index is 11.6. The summed E-state index contributed by atoms with van der Waals surface area (Å²) < 4.78 is 4.76. The fourth-order valence-corrected chi connectivity index (χ4v) is 4.01. The van der Waals surface area contributed by atoms with Gasteiger partial charge in [-0.2, -0.15) is 0 Å². The zero-order valence-electron chi connectivity index (χ0n) is 13.0. The van der Waals surface area contributed by atoms with E-state index in [2.05, 4.69) is 10.6 Å². The monoisotopic (exact) mass is 318 g/mol. The van der Waals surface area contributed by atoms with E-state index in [0.717, 1.165) is 23.1 Å². The molecule has 0 amide bonds. The predicted octanol–water partition coefficient (Wildman–Crippen LogP) is 3.26. The van der Waals surface area contributed by atoms with Gasteiger partial charge in [-0.15, -0.1) is 0 Å². The van der Waals surface area contributed by atoms with Crippen molar-refractivity contribution >= 4 is 29.0 Å². The minimum absolute atomic E-state index is 0.338. The first-order valence-corrected chi connectivity index (χ1v) is 8.24. The molecule has 0 aliphatic heterocycles. The van der Waals surface area contributed by atoms with Gasteiger partial charge in [-0.25, -0.2) is 4.79 Å². The third-order valence-corrected chi connectivity index (χ3v) is 5.18. The zero-order chi connectivity index (χ0) is 15.7. The first-order chi connectivity index (χ1) is 10.6. The van der Waals surface area contributed by atoms with Crippen LogP contribution in [0.15, 0.2) is 18.2 Å². The van der Waals surface area contributed by atoms with E-state index < -0.39 is 0 Å². The van der Waals surface area contributed by atoms with Crippen LogP contribution in [0.3, 0.4) is 0 Å². The van der Waals surface area contributed by atoms with E-state index in [1.165, 1.54) is 32.8 Å². The second-order valence-corrected chi connectivity index (χ2v) is 6.81. The van der Waals surface area contributed by atoms with Gasteiger partial charge in [0.1, 0.15) is 0 Å². The van der Waals surface area contributed by atoms with Crippen molar-refractivity contribution in [1.82, 2.24) is 5.32 Å². The van der Waals surface area contributed by atoms with Gasteiger partial charge in [0.2, 0.25) is 0 Å². The number of anilines is 1. The topological polar surface area (TPSA) is 50.4 Å². The fraction of sp³-hybridized carbons (Fsp3) is 0.529. The number of fused-ring (bicyclic) bond motifs is 2. The number of rotatable bonds is 3. The molecular formula is C17H22N2O2S. The van der Waals surface area contributed by atoms with Crippen LogP contribution in [0.4, 0.5) is 5.69 Å². The van der Waals surface area contributed by atoms with Crippen LogP contribution in [0.5, 0.6) is 0 Å². The Morgan fingerprint density at radius 3 is 2.77 bits per heavy atom. The summed E-state index contributed by atoms with van der Waals surface area (Å²) in [6.45, 7) is 1.99. The Kier molecular flexibility index (Phi) is 4.34. The van der Waals surface area contributed by atoms with Gasteiger partial charge >= 0.3 is 5.97 Å². The van der Waals surface area contributed by atoms with Crippen molar-refractivity contribution in [2.75, 3.05) is 12.4 Å². The van der Waals surface area contributed by atoms with Gasteiger partial charge in [-0.1, -0.05) is 12.5 Å². The Hall–Kier alpha value is -1.62. The highest BCUT2D eigenvalue weighted by Gasteiger charge is 2.39. The van der Waals surface area contributed by atoms with E-state index in [4.69, 9.17) is 17.0 Å². The van der Waals surface area contributed by atoms with Crippen molar-refractivity contribution in [3.8, 4) is 0 Å². The highest BCUT2D eigenvalue weighted by atomic mass is 32.1. The molecule has 2 bridgehead atoms. The smallest absolute Gasteiger partial charge is 0.337 e. The number of ether oxygens (including phenoxy) is 1. The summed E-state index contributed by atoms with van der Waals surface area (Å²) >= 11 is 5.45. The summed E-state index contributed by atoms with van der Waals surface area (Å²) in [5, 5.41) is 7.32. The Morgan fingerprint density at radius 2 is 2.14 bits per heavy atom. The number of aryl methyl sites for hydroxylation is 1. The van der Waals surface area contributed by atoms with Gasteiger partial charge in [0.15, 0.2) is 5.11 Å². The normalized spacial score (nSPS) is 25.8. The molecule has 2 saturated carbocycles. The molecule has 0 saturated heterocycles. The third kappa shape index (κ3) is 3.09. The number of thiocarbonyl (C=S) groups is 1. The molecule has 2 N–H and O–H groups in total. The van der Waals surface area contributed by atoms with Crippen molar-refractivity contribution in [1.29, 1.82) is 0 Å². The summed E-state index contributed by atoms with van der Waals surface area (Å²) in [4.78, 5) is 11.6. The summed E-state index contributed by atoms with van der Waals surface area (Å²) in [6.07, 6.45) is 5.27. The molecule has 3 rings (SSSR count). The Balaban J connectivity index is 1.64. The van der Waals surface area contributed by atoms with Gasteiger partial charge in [0, 0.05) is 11.7 Å². The second kappa shape index (κ2) is 6.24. The molecule has 118 valence electrons. The molecule has 0 aromatic heterocycles. The average Bonchev–Trinajstić information content (AvgIpc) is 3.11. The van der Waals surface area contributed by atoms with Crippen LogP contribution in [-0.2, 0) is 4.74 Å². The maximum absolute atomic E-state index is 11.6. The van der Waals surface area contributed by atoms with Crippen molar-refractivity contribution in [2.45, 2.75) is 38.6 Å². The van der Waals surface area contributed by atoms with E-state index >= 15 is 0 Å². The Labute approximate surface area is 136 Å². The molecule has 5 heteroatoms. The van der Waals surface area contributed by atoms with Gasteiger partial charge in [0.05, 0.1) is 12.7 Å². The van der Waals surface area contributed by atoms with Crippen LogP contribution in [0.1, 0.15) is 41.6 Å². The molecule has 3 atom stereocenters. The van der Waals surface area contributed by atoms with E-state index in [1.807, 2.05) is 13.0 Å². The van der Waals surface area contributed by atoms with Crippen LogP contribution in [0.2, 0.25) is 0 Å². The fourth-order valence-electron chi connectivity index (χ4n) is 3.75. The molecule has 1 aromatic carbocycles. The predicted molar refractivity (Wildman–Crippen MR) is 91.1 cm³/mol. The first-order valence-electron chi connectivity index (χ1n) is 7.83. The van der Waals surface area contributed by atoms with Gasteiger partial charge in [-0.05, 0) is 67.9 Å². The molecule has 0 heterocycles. The molecule has 2 aliphatic rings. The van der Waals surface area contributed by atoms with Crippen molar-refractivity contribution in [2.24, 2.45) is 11.8 Å². The first kappa shape index (κ1) is 15.3. The lowest BCUT2D eigenvalue weighted by molar-refractivity contribution is 0.0601. The van der Waals surface area contributed by atoms with Crippen LogP contribution in [0.25, 0.3) is 0 Å². The van der Waals surface area contributed by atoms with Crippen LogP contribution in [0, 0.1) is 18.8 Å². The van der Waals surface area contributed by atoms with Gasteiger partial charge < -0.3 is 15.4 Å². The number of methoxy groups -OCH3 is 1. The minimum atomic E-state index is -0.338. The molecule has 4 nitrogen and oxygen atoms in total. The van der Waals surface area contributed by atoms with E-state index in [9.17, 15) is 4.79 Å². The van der Waals surface area contributed by atoms with Crippen molar-refractivity contribution in [3.05, 3.63) is 29.3 Å². The number of carbonyl (C=O) groups is 1. The largest absolute Gasteiger partial charge is 0.465 e. The average molecular weight is 318 g/mol. The molecule has 2 aliphatic carbocycles.